The van der Waals surface area contributed by atoms with Gasteiger partial charge in [0.15, 0.2) is 0 Å². The molecule has 3 rings (SSSR count). The zero-order valence-electron chi connectivity index (χ0n) is 10.6. The lowest BCUT2D eigenvalue weighted by Gasteiger charge is -2.30. The van der Waals surface area contributed by atoms with Gasteiger partial charge < -0.3 is 14.8 Å². The smallest absolute Gasteiger partial charge is 0.205 e. The number of nitrogens with zero attached hydrogens (tertiary/aromatic N) is 3. The van der Waals surface area contributed by atoms with E-state index in [1.165, 1.54) is 45.3 Å². The molecule has 1 aliphatic heterocycles. The summed E-state index contributed by atoms with van der Waals surface area (Å²) in [4.78, 5) is 7.05. The molecule has 17 heavy (non-hydrogen) atoms. The number of piperidine rings is 1. The summed E-state index contributed by atoms with van der Waals surface area (Å²) in [6.45, 7) is 3.56. The van der Waals surface area contributed by atoms with Crippen molar-refractivity contribution in [3.63, 3.8) is 0 Å². The van der Waals surface area contributed by atoms with E-state index in [0.717, 1.165) is 17.9 Å². The quantitative estimate of drug-likeness (QED) is 0.854. The molecule has 1 aromatic heterocycles. The molecule has 0 radical (unpaired) electrons. The fourth-order valence-electron chi connectivity index (χ4n) is 2.76. The molecule has 1 saturated heterocycles. The van der Waals surface area contributed by atoms with Crippen LogP contribution in [-0.2, 0) is 7.05 Å². The summed E-state index contributed by atoms with van der Waals surface area (Å²) < 4.78 is 2.15. The van der Waals surface area contributed by atoms with Crippen LogP contribution >= 0.6 is 0 Å². The summed E-state index contributed by atoms with van der Waals surface area (Å²) >= 11 is 0. The van der Waals surface area contributed by atoms with Crippen molar-refractivity contribution in [3.05, 3.63) is 12.4 Å². The van der Waals surface area contributed by atoms with Gasteiger partial charge in [-0.05, 0) is 44.7 Å². The number of nitrogens with one attached hydrogen (secondary N) is 1. The van der Waals surface area contributed by atoms with Crippen LogP contribution in [-0.4, -0.2) is 35.2 Å². The first-order chi connectivity index (χ1) is 8.34. The van der Waals surface area contributed by atoms with E-state index in [1.807, 2.05) is 12.4 Å². The zero-order chi connectivity index (χ0) is 11.7. The highest BCUT2D eigenvalue weighted by Crippen LogP contribution is 2.32. The Bertz CT molecular complexity index is 363. The van der Waals surface area contributed by atoms with E-state index in [4.69, 9.17) is 0 Å². The molecule has 0 spiro atoms. The highest BCUT2D eigenvalue weighted by molar-refractivity contribution is 5.35. The maximum absolute atomic E-state index is 4.52. The second-order valence-electron chi connectivity index (χ2n) is 5.42. The van der Waals surface area contributed by atoms with Crippen molar-refractivity contribution >= 4 is 5.95 Å². The molecular weight excluding hydrogens is 212 g/mol. The predicted molar refractivity (Wildman–Crippen MR) is 69.2 cm³/mol. The van der Waals surface area contributed by atoms with Crippen LogP contribution in [0.4, 0.5) is 5.95 Å². The number of imidazole rings is 1. The van der Waals surface area contributed by atoms with Gasteiger partial charge in [-0.2, -0.15) is 0 Å². The van der Waals surface area contributed by atoms with Gasteiger partial charge in [0.2, 0.25) is 5.95 Å². The van der Waals surface area contributed by atoms with Gasteiger partial charge in [0, 0.05) is 32.0 Å². The molecule has 4 nitrogen and oxygen atoms in total. The van der Waals surface area contributed by atoms with E-state index < -0.39 is 0 Å². The Hall–Kier alpha value is -1.03. The third-order valence-electron chi connectivity index (χ3n) is 3.95. The molecule has 94 valence electrons. The van der Waals surface area contributed by atoms with Gasteiger partial charge in [-0.3, -0.25) is 0 Å². The molecule has 1 saturated carbocycles. The van der Waals surface area contributed by atoms with Gasteiger partial charge in [0.25, 0.3) is 0 Å². The summed E-state index contributed by atoms with van der Waals surface area (Å²) in [5.74, 6) is 2.00. The highest BCUT2D eigenvalue weighted by Gasteiger charge is 2.32. The molecule has 4 heteroatoms. The molecular formula is C13H22N4. The fraction of sp³-hybridized carbons (Fsp3) is 0.769. The third-order valence-corrected chi connectivity index (χ3v) is 3.95. The fourth-order valence-corrected chi connectivity index (χ4v) is 2.76. The molecule has 0 unspecified atom stereocenters. The number of aryl methyl sites for hydroxylation is 1. The second-order valence-corrected chi connectivity index (χ2v) is 5.42. The SMILES string of the molecule is Cn1ccnc1N(CC1CCNCC1)C1CC1. The van der Waals surface area contributed by atoms with E-state index in [1.54, 1.807) is 0 Å². The average Bonchev–Trinajstić information content (AvgIpc) is 3.11. The van der Waals surface area contributed by atoms with Crippen LogP contribution < -0.4 is 10.2 Å². The van der Waals surface area contributed by atoms with Crippen LogP contribution in [0.15, 0.2) is 12.4 Å². The first-order valence-electron chi connectivity index (χ1n) is 6.79. The maximum Gasteiger partial charge on any atom is 0.205 e. The molecule has 1 aromatic rings. The van der Waals surface area contributed by atoms with Crippen molar-refractivity contribution < 1.29 is 0 Å². The van der Waals surface area contributed by atoms with Crippen molar-refractivity contribution in [3.8, 4) is 0 Å². The first kappa shape index (κ1) is 11.1. The van der Waals surface area contributed by atoms with Gasteiger partial charge in [0.05, 0.1) is 0 Å². The number of anilines is 1. The Morgan fingerprint density at radius 3 is 2.71 bits per heavy atom. The highest BCUT2D eigenvalue weighted by atomic mass is 15.3. The van der Waals surface area contributed by atoms with E-state index >= 15 is 0 Å². The van der Waals surface area contributed by atoms with E-state index in [-0.39, 0.29) is 0 Å². The maximum atomic E-state index is 4.52. The van der Waals surface area contributed by atoms with E-state index in [0.29, 0.717) is 0 Å². The van der Waals surface area contributed by atoms with Gasteiger partial charge in [-0.1, -0.05) is 0 Å². The standard InChI is InChI=1S/C13H22N4/c1-16-9-8-15-13(16)17(12-2-3-12)10-11-4-6-14-7-5-11/h8-9,11-12,14H,2-7,10H2,1H3. The van der Waals surface area contributed by atoms with Crippen molar-refractivity contribution in [1.82, 2.24) is 14.9 Å². The minimum atomic E-state index is 0.756. The summed E-state index contributed by atoms with van der Waals surface area (Å²) in [5, 5.41) is 3.44. The molecule has 1 aliphatic carbocycles. The van der Waals surface area contributed by atoms with Crippen molar-refractivity contribution in [1.29, 1.82) is 0 Å². The second kappa shape index (κ2) is 4.69. The molecule has 2 aliphatic rings. The summed E-state index contributed by atoms with van der Waals surface area (Å²) in [5.41, 5.74) is 0. The normalized spacial score (nSPS) is 21.7. The molecule has 0 atom stereocenters. The lowest BCUT2D eigenvalue weighted by atomic mass is 9.97. The molecule has 0 bridgehead atoms. The Morgan fingerprint density at radius 1 is 1.35 bits per heavy atom. The number of hydrogen-bond acceptors (Lipinski definition) is 3. The third kappa shape index (κ3) is 2.46. The van der Waals surface area contributed by atoms with Crippen LogP contribution in [0.25, 0.3) is 0 Å². The molecule has 1 N–H and O–H groups in total. The van der Waals surface area contributed by atoms with Gasteiger partial charge >= 0.3 is 0 Å². The van der Waals surface area contributed by atoms with Crippen LogP contribution in [0.5, 0.6) is 0 Å². The van der Waals surface area contributed by atoms with Crippen molar-refractivity contribution in [2.45, 2.75) is 31.7 Å². The van der Waals surface area contributed by atoms with Gasteiger partial charge in [-0.15, -0.1) is 0 Å². The molecule has 0 aromatic carbocycles. The van der Waals surface area contributed by atoms with Gasteiger partial charge in [0.1, 0.15) is 0 Å². The number of hydrogen-bond donors (Lipinski definition) is 1. The molecule has 2 fully saturated rings. The van der Waals surface area contributed by atoms with E-state index in [2.05, 4.69) is 26.8 Å². The number of aromatic nitrogens is 2. The summed E-state index contributed by atoms with van der Waals surface area (Å²) in [6, 6.07) is 0.756. The Morgan fingerprint density at radius 2 is 2.12 bits per heavy atom. The van der Waals surface area contributed by atoms with Crippen LogP contribution in [0.3, 0.4) is 0 Å². The van der Waals surface area contributed by atoms with Crippen LogP contribution in [0.2, 0.25) is 0 Å². The zero-order valence-corrected chi connectivity index (χ0v) is 10.6. The lowest BCUT2D eigenvalue weighted by Crippen LogP contribution is -2.38. The summed E-state index contributed by atoms with van der Waals surface area (Å²) in [7, 11) is 2.10. The van der Waals surface area contributed by atoms with Crippen LogP contribution in [0.1, 0.15) is 25.7 Å². The Labute approximate surface area is 103 Å². The Balaban J connectivity index is 1.69. The lowest BCUT2D eigenvalue weighted by molar-refractivity contribution is 0.370. The molecule has 0 amide bonds. The number of rotatable bonds is 4. The minimum Gasteiger partial charge on any atom is -0.339 e. The summed E-state index contributed by atoms with van der Waals surface area (Å²) in [6.07, 6.45) is 9.28. The van der Waals surface area contributed by atoms with Crippen LogP contribution in [0, 0.1) is 5.92 Å². The topological polar surface area (TPSA) is 33.1 Å². The first-order valence-corrected chi connectivity index (χ1v) is 6.79. The van der Waals surface area contributed by atoms with Crippen molar-refractivity contribution in [2.75, 3.05) is 24.5 Å². The predicted octanol–water partition coefficient (Wildman–Crippen LogP) is 1.39. The van der Waals surface area contributed by atoms with Crippen molar-refractivity contribution in [2.24, 2.45) is 13.0 Å². The minimum absolute atomic E-state index is 0.756. The Kier molecular flexibility index (Phi) is 3.05. The largest absolute Gasteiger partial charge is 0.339 e. The molecule has 2 heterocycles. The average molecular weight is 234 g/mol. The van der Waals surface area contributed by atoms with E-state index in [9.17, 15) is 0 Å². The van der Waals surface area contributed by atoms with Gasteiger partial charge in [-0.25, -0.2) is 4.98 Å². The monoisotopic (exact) mass is 234 g/mol.